The lowest BCUT2D eigenvalue weighted by Gasteiger charge is -2.52. The van der Waals surface area contributed by atoms with Gasteiger partial charge in [0.05, 0.1) is 17.8 Å². The van der Waals surface area contributed by atoms with Crippen molar-refractivity contribution in [3.8, 4) is 0 Å². The lowest BCUT2D eigenvalue weighted by Crippen LogP contribution is -2.70. The molecule has 3 aliphatic heterocycles. The van der Waals surface area contributed by atoms with Gasteiger partial charge in [0, 0.05) is 62.0 Å². The number of halogens is 1. The van der Waals surface area contributed by atoms with Crippen molar-refractivity contribution in [1.29, 1.82) is 0 Å². The molecule has 0 spiro atoms. The summed E-state index contributed by atoms with van der Waals surface area (Å²) in [7, 11) is 0. The van der Waals surface area contributed by atoms with Crippen molar-refractivity contribution >= 4 is 29.2 Å². The van der Waals surface area contributed by atoms with Crippen molar-refractivity contribution in [2.75, 3.05) is 45.9 Å². The molecule has 1 aromatic heterocycles. The third-order valence-corrected chi connectivity index (χ3v) is 10.1. The summed E-state index contributed by atoms with van der Waals surface area (Å²) in [5.41, 5.74) is -1.72. The molecule has 2 amide bonds. The Kier molecular flexibility index (Phi) is 9.32. The van der Waals surface area contributed by atoms with E-state index < -0.39 is 40.7 Å². The van der Waals surface area contributed by atoms with E-state index in [0.717, 1.165) is 0 Å². The molecule has 3 aliphatic rings. The third-order valence-electron chi connectivity index (χ3n) is 9.27. The minimum absolute atomic E-state index is 0.0832. The molecular weight excluding hydrogens is 615 g/mol. The maximum atomic E-state index is 14.8. The molecule has 2 aromatic rings. The zero-order valence-electron chi connectivity index (χ0n) is 27.1. The van der Waals surface area contributed by atoms with Crippen LogP contribution >= 0.6 is 11.3 Å². The monoisotopic (exact) mass is 658 g/mol. The second-order valence-electron chi connectivity index (χ2n) is 13.4. The van der Waals surface area contributed by atoms with Crippen LogP contribution < -0.4 is 5.32 Å². The van der Waals surface area contributed by atoms with Crippen molar-refractivity contribution in [1.82, 2.24) is 25.0 Å². The van der Waals surface area contributed by atoms with E-state index in [9.17, 15) is 29.3 Å². The number of amidine groups is 1. The Hall–Kier alpha value is -3.43. The lowest BCUT2D eigenvalue weighted by atomic mass is 9.79. The molecule has 2 saturated heterocycles. The highest BCUT2D eigenvalue weighted by Crippen LogP contribution is 2.41. The normalized spacial score (nSPS) is 22.7. The van der Waals surface area contributed by atoms with Crippen LogP contribution in [0.25, 0.3) is 0 Å². The van der Waals surface area contributed by atoms with Gasteiger partial charge in [0.1, 0.15) is 17.4 Å². The number of carbonyl (C=O) groups is 2. The number of rotatable bonds is 10. The molecule has 250 valence electrons. The number of nitrogens with zero attached hydrogens (tertiary/aromatic N) is 5. The summed E-state index contributed by atoms with van der Waals surface area (Å²) in [6.07, 6.45) is 0.0184. The fourth-order valence-electron chi connectivity index (χ4n) is 6.49. The number of aromatic nitrogens is 1. The summed E-state index contributed by atoms with van der Waals surface area (Å²) < 4.78 is 20.4. The molecule has 4 N–H and O–H groups in total. The molecule has 2 fully saturated rings. The van der Waals surface area contributed by atoms with Gasteiger partial charge in [-0.3, -0.25) is 9.89 Å². The maximum absolute atomic E-state index is 14.8. The van der Waals surface area contributed by atoms with Crippen LogP contribution in [0.2, 0.25) is 0 Å². The molecule has 2 atom stereocenters. The Morgan fingerprint density at radius 1 is 1.24 bits per heavy atom. The number of piperazine rings is 1. The number of aliphatic imine (C=N–C) groups is 1. The van der Waals surface area contributed by atoms with E-state index in [-0.39, 0.29) is 44.4 Å². The first-order chi connectivity index (χ1) is 21.6. The quantitative estimate of drug-likeness (QED) is 0.223. The SMILES string of the molecule is CCOC(=O)C1=C(CN2CCN3C(=O)N(CC(C)(C)C(O)O)CC3(C(C)(C)O)C2)NC(c2nccs2)=NC1c1cccc(F)c1C. The van der Waals surface area contributed by atoms with Gasteiger partial charge in [0.15, 0.2) is 17.1 Å². The maximum Gasteiger partial charge on any atom is 0.338 e. The number of thiazole rings is 1. The number of hydrogen-bond donors (Lipinski definition) is 4. The summed E-state index contributed by atoms with van der Waals surface area (Å²) in [6.45, 7) is 11.6. The van der Waals surface area contributed by atoms with Gasteiger partial charge >= 0.3 is 12.0 Å². The highest BCUT2D eigenvalue weighted by molar-refractivity contribution is 7.11. The van der Waals surface area contributed by atoms with Gasteiger partial charge in [-0.15, -0.1) is 11.3 Å². The summed E-state index contributed by atoms with van der Waals surface area (Å²) >= 11 is 1.37. The Balaban J connectivity index is 1.54. The number of aliphatic hydroxyl groups excluding tert-OH is 1. The molecule has 5 rings (SSSR count). The first-order valence-corrected chi connectivity index (χ1v) is 16.2. The summed E-state index contributed by atoms with van der Waals surface area (Å²) in [4.78, 5) is 41.9. The second-order valence-corrected chi connectivity index (χ2v) is 14.3. The Bertz CT molecular complexity index is 1540. The number of amides is 2. The van der Waals surface area contributed by atoms with Gasteiger partial charge in [-0.2, -0.15) is 0 Å². The Labute approximate surface area is 272 Å². The molecule has 0 aliphatic carbocycles. The molecule has 46 heavy (non-hydrogen) atoms. The van der Waals surface area contributed by atoms with Crippen molar-refractivity contribution in [2.45, 2.75) is 65.0 Å². The predicted octanol–water partition coefficient (Wildman–Crippen LogP) is 2.40. The van der Waals surface area contributed by atoms with Crippen LogP contribution in [-0.2, 0) is 9.53 Å². The van der Waals surface area contributed by atoms with Gasteiger partial charge in [0.2, 0.25) is 0 Å². The molecule has 0 radical (unpaired) electrons. The van der Waals surface area contributed by atoms with E-state index in [1.54, 1.807) is 69.7 Å². The number of esters is 1. The molecule has 4 heterocycles. The van der Waals surface area contributed by atoms with Crippen molar-refractivity contribution in [3.05, 3.63) is 63.0 Å². The average Bonchev–Trinajstić information content (AvgIpc) is 3.61. The van der Waals surface area contributed by atoms with Crippen LogP contribution in [0.5, 0.6) is 0 Å². The predicted molar refractivity (Wildman–Crippen MR) is 170 cm³/mol. The smallest absolute Gasteiger partial charge is 0.338 e. The van der Waals surface area contributed by atoms with Gasteiger partial charge < -0.3 is 35.2 Å². The van der Waals surface area contributed by atoms with E-state index in [2.05, 4.69) is 15.2 Å². The van der Waals surface area contributed by atoms with Crippen LogP contribution in [0.3, 0.4) is 0 Å². The molecule has 0 saturated carbocycles. The molecular formula is C32H43FN6O6S. The van der Waals surface area contributed by atoms with Gasteiger partial charge in [-0.25, -0.2) is 19.0 Å². The van der Waals surface area contributed by atoms with Crippen molar-refractivity contribution < 1.29 is 34.0 Å². The molecule has 1 aromatic carbocycles. The topological polar surface area (TPSA) is 151 Å². The number of hydrogen-bond acceptors (Lipinski definition) is 11. The zero-order valence-corrected chi connectivity index (χ0v) is 27.9. The fraction of sp³-hybridized carbons (Fsp3) is 0.562. The minimum Gasteiger partial charge on any atom is -0.463 e. The fourth-order valence-corrected chi connectivity index (χ4v) is 7.08. The third kappa shape index (κ3) is 6.16. The standard InChI is InChI=1S/C32H43FN6O6S/c1-7-45-27(40)23-22(35-25(26-34-11-14-46-26)36-24(23)20-9-8-10-21(33)19(20)2)15-37-12-13-39-29(43)38(16-30(3,4)28(41)42)18-32(39,17-37)31(5,6)44/h8-11,14,24,28,41-42,44H,7,12-13,15-18H2,1-6H3,(H,35,36). The number of nitrogens with one attached hydrogen (secondary N) is 1. The molecule has 14 heteroatoms. The Morgan fingerprint density at radius 3 is 2.61 bits per heavy atom. The zero-order chi connectivity index (χ0) is 33.6. The van der Waals surface area contributed by atoms with E-state index in [4.69, 9.17) is 9.73 Å². The van der Waals surface area contributed by atoms with Crippen LogP contribution in [0.1, 0.15) is 56.8 Å². The number of fused-ring (bicyclic) bond motifs is 1. The average molecular weight is 659 g/mol. The van der Waals surface area contributed by atoms with E-state index in [1.165, 1.54) is 17.4 Å². The van der Waals surface area contributed by atoms with Gasteiger partial charge in [0.25, 0.3) is 0 Å². The molecule has 0 bridgehead atoms. The van der Waals surface area contributed by atoms with Crippen LogP contribution in [0.15, 0.2) is 46.0 Å². The second kappa shape index (κ2) is 12.6. The number of benzene rings is 1. The summed E-state index contributed by atoms with van der Waals surface area (Å²) in [6, 6.07) is 3.55. The van der Waals surface area contributed by atoms with E-state index in [1.807, 2.05) is 5.38 Å². The highest BCUT2D eigenvalue weighted by Gasteiger charge is 2.60. The Morgan fingerprint density at radius 2 is 1.98 bits per heavy atom. The van der Waals surface area contributed by atoms with Crippen LogP contribution in [-0.4, -0.2) is 116 Å². The van der Waals surface area contributed by atoms with Gasteiger partial charge in [-0.1, -0.05) is 26.0 Å². The summed E-state index contributed by atoms with van der Waals surface area (Å²) in [5.74, 6) is -0.555. The van der Waals surface area contributed by atoms with Crippen molar-refractivity contribution in [3.63, 3.8) is 0 Å². The largest absolute Gasteiger partial charge is 0.463 e. The first kappa shape index (κ1) is 33.9. The summed E-state index contributed by atoms with van der Waals surface area (Å²) in [5, 5.41) is 37.2. The van der Waals surface area contributed by atoms with Crippen LogP contribution in [0.4, 0.5) is 9.18 Å². The van der Waals surface area contributed by atoms with Crippen molar-refractivity contribution in [2.24, 2.45) is 10.4 Å². The first-order valence-electron chi connectivity index (χ1n) is 15.4. The number of urea groups is 1. The van der Waals surface area contributed by atoms with Gasteiger partial charge in [-0.05, 0) is 44.9 Å². The minimum atomic E-state index is -1.64. The number of aliphatic hydroxyl groups is 3. The van der Waals surface area contributed by atoms with E-state index in [0.29, 0.717) is 40.8 Å². The van der Waals surface area contributed by atoms with E-state index >= 15 is 0 Å². The number of carbonyl (C=O) groups excluding carboxylic acids is 2. The molecule has 12 nitrogen and oxygen atoms in total. The molecule has 2 unspecified atom stereocenters. The van der Waals surface area contributed by atoms with Crippen LogP contribution in [0, 0.1) is 18.2 Å². The highest BCUT2D eigenvalue weighted by atomic mass is 32.1. The number of ether oxygens (including phenoxy) is 1. The lowest BCUT2D eigenvalue weighted by molar-refractivity contribution is -0.139.